The van der Waals surface area contributed by atoms with Gasteiger partial charge >= 0.3 is 5.97 Å². The number of aliphatic carboxylic acids is 1. The number of ether oxygens (including phenoxy) is 2. The van der Waals surface area contributed by atoms with Gasteiger partial charge in [0.25, 0.3) is 0 Å². The lowest BCUT2D eigenvalue weighted by atomic mass is 9.33. The highest BCUT2D eigenvalue weighted by molar-refractivity contribution is 5.77. The second-order valence-electron chi connectivity index (χ2n) is 16.6. The Balaban J connectivity index is 1.32. The maximum Gasteiger partial charge on any atom is 0.310 e. The van der Waals surface area contributed by atoms with Crippen LogP contribution < -0.4 is 0 Å². The van der Waals surface area contributed by atoms with Crippen molar-refractivity contribution >= 4 is 5.97 Å². The number of hydrogen-bond acceptors (Lipinski definition) is 7. The highest BCUT2D eigenvalue weighted by Crippen LogP contribution is 2.76. The van der Waals surface area contributed by atoms with Crippen molar-refractivity contribution in [3.8, 4) is 0 Å². The number of carboxylic acids is 1. The first-order valence-corrected chi connectivity index (χ1v) is 16.4. The number of hydrogen-bond donors (Lipinski definition) is 5. The monoisotopic (exact) mass is 590 g/mol. The minimum Gasteiger partial charge on any atom is -0.481 e. The van der Waals surface area contributed by atoms with Crippen LogP contribution in [0.25, 0.3) is 0 Å². The van der Waals surface area contributed by atoms with E-state index >= 15 is 0 Å². The first kappa shape index (κ1) is 31.0. The first-order chi connectivity index (χ1) is 19.5. The molecule has 6 rings (SSSR count). The maximum absolute atomic E-state index is 12.9. The van der Waals surface area contributed by atoms with Crippen molar-refractivity contribution < 1.29 is 39.8 Å². The molecule has 0 radical (unpaired) electrons. The van der Waals surface area contributed by atoms with Crippen LogP contribution in [0, 0.1) is 44.8 Å². The molecule has 1 heterocycles. The van der Waals surface area contributed by atoms with Crippen molar-refractivity contribution in [3.05, 3.63) is 11.6 Å². The first-order valence-electron chi connectivity index (χ1n) is 16.4. The van der Waals surface area contributed by atoms with E-state index in [-0.39, 0.29) is 40.3 Å². The summed E-state index contributed by atoms with van der Waals surface area (Å²) in [6.45, 7) is 13.7. The van der Waals surface area contributed by atoms with Gasteiger partial charge in [-0.05, 0) is 105 Å². The molecule has 5 aliphatic carbocycles. The average molecular weight is 591 g/mol. The Morgan fingerprint density at radius 2 is 1.62 bits per heavy atom. The molecule has 0 aromatic carbocycles. The van der Waals surface area contributed by atoms with E-state index in [9.17, 15) is 30.3 Å². The van der Waals surface area contributed by atoms with Gasteiger partial charge in [-0.15, -0.1) is 0 Å². The normalized spacial score (nSPS) is 55.3. The summed E-state index contributed by atoms with van der Waals surface area (Å²) < 4.78 is 12.1. The lowest BCUT2D eigenvalue weighted by Crippen LogP contribution is -2.67. The molecule has 0 aromatic rings. The van der Waals surface area contributed by atoms with Gasteiger partial charge in [-0.3, -0.25) is 4.79 Å². The zero-order valence-electron chi connectivity index (χ0n) is 26.4. The van der Waals surface area contributed by atoms with E-state index in [4.69, 9.17) is 9.47 Å². The number of aliphatic hydroxyl groups is 4. The number of aliphatic hydroxyl groups excluding tert-OH is 3. The third-order valence-electron chi connectivity index (χ3n) is 14.5. The second kappa shape index (κ2) is 9.73. The van der Waals surface area contributed by atoms with Crippen molar-refractivity contribution in [1.82, 2.24) is 0 Å². The van der Waals surface area contributed by atoms with Gasteiger partial charge in [-0.1, -0.05) is 46.3 Å². The van der Waals surface area contributed by atoms with E-state index in [1.807, 2.05) is 6.92 Å². The Morgan fingerprint density at radius 3 is 2.31 bits per heavy atom. The summed E-state index contributed by atoms with van der Waals surface area (Å²) in [4.78, 5) is 12.9. The van der Waals surface area contributed by atoms with Crippen molar-refractivity contribution in [1.29, 1.82) is 0 Å². The Kier molecular flexibility index (Phi) is 7.18. The predicted octanol–water partition coefficient (Wildman–Crippen LogP) is 4.42. The molecule has 5 fully saturated rings. The van der Waals surface area contributed by atoms with Crippen LogP contribution in [0.5, 0.6) is 0 Å². The molecule has 0 unspecified atom stereocenters. The molecule has 0 amide bonds. The molecule has 8 heteroatoms. The summed E-state index contributed by atoms with van der Waals surface area (Å²) in [5.41, 5.74) is -1.06. The van der Waals surface area contributed by atoms with Crippen molar-refractivity contribution in [2.24, 2.45) is 44.8 Å². The molecule has 0 spiro atoms. The molecular formula is C34H54O8. The summed E-state index contributed by atoms with van der Waals surface area (Å²) in [5.74, 6) is -0.310. The smallest absolute Gasteiger partial charge is 0.310 e. The number of carbonyl (C=O) groups is 1. The predicted molar refractivity (Wildman–Crippen MR) is 156 cm³/mol. The molecule has 4 saturated carbocycles. The molecule has 238 valence electrons. The Bertz CT molecular complexity index is 1130. The SMILES string of the molecule is CC1(C)[C@@H](O[C@@H]2OC[C@H](O)[C@H](O)[C@H]2O)CC[C@@]2(C)[C@@H]1CC[C@]1(C)[C@H]2CC=C2[C@H]3[C@](C(=O)O)(CCC[C@@]3(C)O)CC[C@]21C. The third kappa shape index (κ3) is 3.97. The van der Waals surface area contributed by atoms with Crippen LogP contribution >= 0.6 is 0 Å². The van der Waals surface area contributed by atoms with E-state index in [1.54, 1.807) is 0 Å². The summed E-state index contributed by atoms with van der Waals surface area (Å²) in [6.07, 6.45) is 5.76. The van der Waals surface area contributed by atoms with Crippen LogP contribution in [-0.2, 0) is 14.3 Å². The van der Waals surface area contributed by atoms with E-state index in [1.165, 1.54) is 5.57 Å². The number of fused-ring (bicyclic) bond motifs is 7. The van der Waals surface area contributed by atoms with Crippen LogP contribution in [0.4, 0.5) is 0 Å². The average Bonchev–Trinajstić information content (AvgIpc) is 2.90. The molecule has 42 heavy (non-hydrogen) atoms. The van der Waals surface area contributed by atoms with E-state index in [2.05, 4.69) is 40.7 Å². The molecule has 6 aliphatic rings. The van der Waals surface area contributed by atoms with Gasteiger partial charge in [0.2, 0.25) is 0 Å². The minimum absolute atomic E-state index is 0.0206. The quantitative estimate of drug-likeness (QED) is 0.241. The Hall–Kier alpha value is -1.03. The topological polar surface area (TPSA) is 137 Å². The van der Waals surface area contributed by atoms with Gasteiger partial charge in [0, 0.05) is 5.92 Å². The summed E-state index contributed by atoms with van der Waals surface area (Å²) >= 11 is 0. The van der Waals surface area contributed by atoms with Crippen molar-refractivity contribution in [2.75, 3.05) is 6.61 Å². The number of carboxylic acid groups (broad SMARTS) is 1. The van der Waals surface area contributed by atoms with Crippen LogP contribution in [0.1, 0.15) is 106 Å². The van der Waals surface area contributed by atoms with Gasteiger partial charge in [0.05, 0.1) is 23.7 Å². The van der Waals surface area contributed by atoms with E-state index in [0.29, 0.717) is 31.1 Å². The molecule has 0 aromatic heterocycles. The third-order valence-corrected chi connectivity index (χ3v) is 14.5. The highest BCUT2D eigenvalue weighted by atomic mass is 16.7. The van der Waals surface area contributed by atoms with Crippen molar-refractivity contribution in [3.63, 3.8) is 0 Å². The maximum atomic E-state index is 12.9. The van der Waals surface area contributed by atoms with Gasteiger partial charge in [0.1, 0.15) is 18.3 Å². The molecule has 13 atom stereocenters. The number of allylic oxidation sites excluding steroid dienone is 1. The fourth-order valence-corrected chi connectivity index (χ4v) is 12.0. The molecule has 0 bridgehead atoms. The van der Waals surface area contributed by atoms with E-state index in [0.717, 1.165) is 44.9 Å². The lowest BCUT2D eigenvalue weighted by molar-refractivity contribution is -0.308. The van der Waals surface area contributed by atoms with Crippen molar-refractivity contribution in [2.45, 2.75) is 142 Å². The standard InChI is InChI=1S/C34H54O8/c1-29(2)21-10-15-32(5)22(30(21,3)14-11-23(29)42-27-25(37)24(36)20(35)18-41-27)9-8-19-26-33(6,40)12-7-13-34(26,28(38)39)17-16-31(19,32)4/h8,20-27,35-37,40H,7,9-18H2,1-6H3,(H,38,39)/t20-,21+,22-,23-,24-,25+,26+,27-,30-,31+,32+,33+,34-/m0/s1. The minimum atomic E-state index is -1.30. The van der Waals surface area contributed by atoms with Gasteiger partial charge < -0.3 is 35.0 Å². The van der Waals surface area contributed by atoms with Gasteiger partial charge in [-0.2, -0.15) is 0 Å². The lowest BCUT2D eigenvalue weighted by Gasteiger charge is -2.71. The van der Waals surface area contributed by atoms with Crippen LogP contribution in [0.3, 0.4) is 0 Å². The summed E-state index contributed by atoms with van der Waals surface area (Å²) in [5, 5.41) is 53.0. The number of rotatable bonds is 3. The van der Waals surface area contributed by atoms with Gasteiger partial charge in [-0.25, -0.2) is 0 Å². The molecule has 8 nitrogen and oxygen atoms in total. The highest BCUT2D eigenvalue weighted by Gasteiger charge is 2.71. The van der Waals surface area contributed by atoms with E-state index < -0.39 is 41.6 Å². The van der Waals surface area contributed by atoms with Crippen LogP contribution in [-0.4, -0.2) is 74.4 Å². The van der Waals surface area contributed by atoms with Crippen LogP contribution in [0.15, 0.2) is 11.6 Å². The fraction of sp³-hybridized carbons (Fsp3) is 0.912. The molecule has 1 aliphatic heterocycles. The fourth-order valence-electron chi connectivity index (χ4n) is 12.0. The van der Waals surface area contributed by atoms with Gasteiger partial charge in [0.15, 0.2) is 6.29 Å². The molecular weight excluding hydrogens is 536 g/mol. The zero-order valence-corrected chi connectivity index (χ0v) is 26.4. The molecule has 5 N–H and O–H groups in total. The molecule has 1 saturated heterocycles. The Labute approximate surface area is 250 Å². The Morgan fingerprint density at radius 1 is 0.905 bits per heavy atom. The summed E-state index contributed by atoms with van der Waals surface area (Å²) in [6, 6.07) is 0. The second-order valence-corrected chi connectivity index (χ2v) is 16.6. The largest absolute Gasteiger partial charge is 0.481 e. The zero-order chi connectivity index (χ0) is 30.7. The summed E-state index contributed by atoms with van der Waals surface area (Å²) in [7, 11) is 0. The van der Waals surface area contributed by atoms with Crippen LogP contribution in [0.2, 0.25) is 0 Å².